The summed E-state index contributed by atoms with van der Waals surface area (Å²) in [6.45, 7) is 4.53. The Morgan fingerprint density at radius 3 is 2.91 bits per heavy atom. The molecule has 7 nitrogen and oxygen atoms in total. The molecule has 1 fully saturated rings. The quantitative estimate of drug-likeness (QED) is 0.764. The summed E-state index contributed by atoms with van der Waals surface area (Å²) in [7, 11) is 0. The topological polar surface area (TPSA) is 90.6 Å². The average molecular weight is 330 g/mol. The highest BCUT2D eigenvalue weighted by Gasteiger charge is 2.24. The molecular formula is C15H18N6OS. The predicted octanol–water partition coefficient (Wildman–Crippen LogP) is 1.79. The number of hydrogen-bond donors (Lipinski definition) is 2. The van der Waals surface area contributed by atoms with E-state index in [0.717, 1.165) is 48.9 Å². The first-order chi connectivity index (χ1) is 11.2. The van der Waals surface area contributed by atoms with Gasteiger partial charge in [0.2, 0.25) is 0 Å². The van der Waals surface area contributed by atoms with E-state index in [1.165, 1.54) is 11.3 Å². The lowest BCUT2D eigenvalue weighted by molar-refractivity contribution is 0.197. The van der Waals surface area contributed by atoms with Crippen LogP contribution >= 0.6 is 11.3 Å². The van der Waals surface area contributed by atoms with Gasteiger partial charge in [0.25, 0.3) is 5.56 Å². The number of likely N-dealkylation sites (tertiary alicyclic amines) is 1. The van der Waals surface area contributed by atoms with Crippen molar-refractivity contribution in [1.29, 1.82) is 0 Å². The van der Waals surface area contributed by atoms with E-state index in [1.54, 1.807) is 0 Å². The van der Waals surface area contributed by atoms with Gasteiger partial charge in [-0.3, -0.25) is 14.8 Å². The molecule has 4 rings (SSSR count). The molecule has 0 bridgehead atoms. The van der Waals surface area contributed by atoms with Gasteiger partial charge in [0.05, 0.1) is 12.1 Å². The lowest BCUT2D eigenvalue weighted by atomic mass is 9.96. The summed E-state index contributed by atoms with van der Waals surface area (Å²) in [5, 5.41) is 9.09. The van der Waals surface area contributed by atoms with E-state index >= 15 is 0 Å². The minimum Gasteiger partial charge on any atom is -0.308 e. The van der Waals surface area contributed by atoms with Crippen molar-refractivity contribution in [2.45, 2.75) is 32.2 Å². The molecule has 23 heavy (non-hydrogen) atoms. The first kappa shape index (κ1) is 14.5. The molecule has 1 saturated heterocycles. The van der Waals surface area contributed by atoms with Gasteiger partial charge in [-0.2, -0.15) is 5.10 Å². The first-order valence-corrected chi connectivity index (χ1v) is 8.64. The van der Waals surface area contributed by atoms with Crippen LogP contribution in [-0.4, -0.2) is 43.1 Å². The maximum atomic E-state index is 12.0. The van der Waals surface area contributed by atoms with E-state index in [0.29, 0.717) is 17.2 Å². The summed E-state index contributed by atoms with van der Waals surface area (Å²) in [6.07, 6.45) is 2.06. The maximum absolute atomic E-state index is 12.0. The lowest BCUT2D eigenvalue weighted by Crippen LogP contribution is -2.33. The van der Waals surface area contributed by atoms with Crippen molar-refractivity contribution < 1.29 is 0 Å². The predicted molar refractivity (Wildman–Crippen MR) is 88.6 cm³/mol. The number of aromatic nitrogens is 5. The summed E-state index contributed by atoms with van der Waals surface area (Å²) in [5.74, 6) is 2.96. The fraction of sp³-hybridized carbons (Fsp3) is 0.467. The van der Waals surface area contributed by atoms with Crippen LogP contribution in [0.3, 0.4) is 0 Å². The molecule has 2 N–H and O–H groups in total. The molecule has 3 aromatic rings. The molecule has 1 aliphatic rings. The van der Waals surface area contributed by atoms with Crippen LogP contribution in [0, 0.1) is 6.92 Å². The fourth-order valence-corrected chi connectivity index (χ4v) is 3.83. The smallest absolute Gasteiger partial charge is 0.268 e. The van der Waals surface area contributed by atoms with Crippen LogP contribution < -0.4 is 5.56 Å². The van der Waals surface area contributed by atoms with Crippen molar-refractivity contribution in [3.05, 3.63) is 39.3 Å². The van der Waals surface area contributed by atoms with Gasteiger partial charge >= 0.3 is 0 Å². The average Bonchev–Trinajstić information content (AvgIpc) is 3.17. The van der Waals surface area contributed by atoms with Gasteiger partial charge in [-0.05, 0) is 44.3 Å². The van der Waals surface area contributed by atoms with Crippen molar-refractivity contribution in [2.75, 3.05) is 13.1 Å². The third-order valence-electron chi connectivity index (χ3n) is 4.30. The van der Waals surface area contributed by atoms with Crippen molar-refractivity contribution in [1.82, 2.24) is 30.0 Å². The summed E-state index contributed by atoms with van der Waals surface area (Å²) in [4.78, 5) is 26.2. The third-order valence-corrected chi connectivity index (χ3v) is 5.21. The van der Waals surface area contributed by atoms with Crippen LogP contribution in [0.25, 0.3) is 10.2 Å². The number of H-pyrrole nitrogens is 2. The van der Waals surface area contributed by atoms with E-state index in [9.17, 15) is 4.79 Å². The Bertz CT molecular complexity index is 873. The summed E-state index contributed by atoms with van der Waals surface area (Å²) >= 11 is 1.43. The van der Waals surface area contributed by atoms with Crippen molar-refractivity contribution in [3.63, 3.8) is 0 Å². The van der Waals surface area contributed by atoms with Crippen LogP contribution in [0.2, 0.25) is 0 Å². The van der Waals surface area contributed by atoms with Gasteiger partial charge in [-0.25, -0.2) is 9.97 Å². The highest BCUT2D eigenvalue weighted by Crippen LogP contribution is 2.26. The van der Waals surface area contributed by atoms with Gasteiger partial charge in [-0.1, -0.05) is 0 Å². The second kappa shape index (κ2) is 5.86. The minimum absolute atomic E-state index is 0.0360. The van der Waals surface area contributed by atoms with E-state index in [4.69, 9.17) is 0 Å². The second-order valence-corrected chi connectivity index (χ2v) is 6.89. The normalized spacial score (nSPS) is 17.1. The second-order valence-electron chi connectivity index (χ2n) is 5.98. The first-order valence-electron chi connectivity index (χ1n) is 7.77. The number of piperidine rings is 1. The highest BCUT2D eigenvalue weighted by molar-refractivity contribution is 7.17. The zero-order chi connectivity index (χ0) is 15.8. The molecule has 8 heteroatoms. The minimum atomic E-state index is -0.0360. The van der Waals surface area contributed by atoms with Crippen molar-refractivity contribution in [3.8, 4) is 0 Å². The van der Waals surface area contributed by atoms with Crippen LogP contribution in [-0.2, 0) is 6.54 Å². The Hall–Kier alpha value is -2.06. The molecule has 4 heterocycles. The Kier molecular flexibility index (Phi) is 3.70. The maximum Gasteiger partial charge on any atom is 0.268 e. The SMILES string of the molecule is Cc1nc(C2CCN(Cc3nc4ccsc4c(=O)[nH]3)CC2)n[nH]1. The molecule has 0 aromatic carbocycles. The standard InChI is InChI=1S/C15H18N6OS/c1-9-16-14(20-19-9)10-2-5-21(6-3-10)8-12-17-11-4-7-23-13(11)15(22)18-12/h4,7,10H,2-3,5-6,8H2,1H3,(H,16,19,20)(H,17,18,22). The van der Waals surface area contributed by atoms with Gasteiger partial charge in [0.1, 0.15) is 16.3 Å². The molecule has 120 valence electrons. The van der Waals surface area contributed by atoms with Crippen LogP contribution in [0.1, 0.15) is 36.2 Å². The number of hydrogen-bond acceptors (Lipinski definition) is 6. The van der Waals surface area contributed by atoms with E-state index in [1.807, 2.05) is 18.4 Å². The number of fused-ring (bicyclic) bond motifs is 1. The largest absolute Gasteiger partial charge is 0.308 e. The monoisotopic (exact) mass is 330 g/mol. The van der Waals surface area contributed by atoms with Crippen molar-refractivity contribution >= 4 is 21.6 Å². The molecular weight excluding hydrogens is 312 g/mol. The molecule has 0 saturated carbocycles. The van der Waals surface area contributed by atoms with Gasteiger partial charge in [0, 0.05) is 5.92 Å². The van der Waals surface area contributed by atoms with Gasteiger partial charge < -0.3 is 4.98 Å². The van der Waals surface area contributed by atoms with E-state index < -0.39 is 0 Å². The van der Waals surface area contributed by atoms with Gasteiger partial charge in [0.15, 0.2) is 5.82 Å². The number of nitrogens with one attached hydrogen (secondary N) is 2. The zero-order valence-corrected chi connectivity index (χ0v) is 13.7. The molecule has 0 unspecified atom stereocenters. The van der Waals surface area contributed by atoms with Crippen LogP contribution in [0.4, 0.5) is 0 Å². The highest BCUT2D eigenvalue weighted by atomic mass is 32.1. The summed E-state index contributed by atoms with van der Waals surface area (Å²) in [5.41, 5.74) is 0.755. The third kappa shape index (κ3) is 2.91. The number of thiophene rings is 1. The number of nitrogens with zero attached hydrogens (tertiary/aromatic N) is 4. The lowest BCUT2D eigenvalue weighted by Gasteiger charge is -2.30. The molecule has 0 amide bonds. The number of aryl methyl sites for hydroxylation is 1. The van der Waals surface area contributed by atoms with Crippen LogP contribution in [0.5, 0.6) is 0 Å². The molecule has 0 atom stereocenters. The molecule has 1 aliphatic heterocycles. The Labute approximate surface area is 136 Å². The van der Waals surface area contributed by atoms with Crippen LogP contribution in [0.15, 0.2) is 16.2 Å². The fourth-order valence-electron chi connectivity index (χ4n) is 3.10. The molecule has 0 spiro atoms. The van der Waals surface area contributed by atoms with E-state index in [-0.39, 0.29) is 5.56 Å². The number of aromatic amines is 2. The van der Waals surface area contributed by atoms with E-state index in [2.05, 4.69) is 30.0 Å². The number of rotatable bonds is 3. The summed E-state index contributed by atoms with van der Waals surface area (Å²) in [6, 6.07) is 1.90. The molecule has 3 aromatic heterocycles. The Balaban J connectivity index is 1.43. The Morgan fingerprint density at radius 1 is 1.35 bits per heavy atom. The molecule has 0 radical (unpaired) electrons. The van der Waals surface area contributed by atoms with Crippen molar-refractivity contribution in [2.24, 2.45) is 0 Å². The summed E-state index contributed by atoms with van der Waals surface area (Å²) < 4.78 is 0.701. The molecule has 0 aliphatic carbocycles. The Morgan fingerprint density at radius 2 is 2.17 bits per heavy atom. The zero-order valence-electron chi connectivity index (χ0n) is 12.9. The van der Waals surface area contributed by atoms with Gasteiger partial charge in [-0.15, -0.1) is 11.3 Å².